The Balaban J connectivity index is 1.32. The lowest BCUT2D eigenvalue weighted by Crippen LogP contribution is -2.43. The first kappa shape index (κ1) is 19.3. The summed E-state index contributed by atoms with van der Waals surface area (Å²) in [5.74, 6) is -2.87. The number of carbonyl (C=O) groups is 1. The molecule has 152 valence electrons. The van der Waals surface area contributed by atoms with E-state index in [-0.39, 0.29) is 30.7 Å². The number of rotatable bonds is 4. The van der Waals surface area contributed by atoms with Gasteiger partial charge in [-0.15, -0.1) is 0 Å². The predicted octanol–water partition coefficient (Wildman–Crippen LogP) is 5.02. The highest BCUT2D eigenvalue weighted by Gasteiger charge is 2.38. The van der Waals surface area contributed by atoms with Crippen LogP contribution >= 0.6 is 0 Å². The quantitative estimate of drug-likeness (QED) is 0.798. The summed E-state index contributed by atoms with van der Waals surface area (Å²) in [6.07, 6.45) is 7.00. The molecule has 4 rings (SSSR count). The molecule has 2 saturated carbocycles. The summed E-state index contributed by atoms with van der Waals surface area (Å²) < 4.78 is 28.7. The van der Waals surface area contributed by atoms with Gasteiger partial charge in [0.15, 0.2) is 0 Å². The van der Waals surface area contributed by atoms with E-state index in [2.05, 4.69) is 40.2 Å². The van der Waals surface area contributed by atoms with Crippen molar-refractivity contribution >= 4 is 16.8 Å². The second-order valence-electron chi connectivity index (χ2n) is 8.48. The Kier molecular flexibility index (Phi) is 5.39. The first-order valence-corrected chi connectivity index (χ1v) is 10.6. The summed E-state index contributed by atoms with van der Waals surface area (Å²) in [4.78, 5) is 12.4. The van der Waals surface area contributed by atoms with E-state index in [1.165, 1.54) is 16.5 Å². The van der Waals surface area contributed by atoms with Crippen molar-refractivity contribution in [2.24, 2.45) is 5.92 Å². The zero-order valence-corrected chi connectivity index (χ0v) is 16.5. The number of halogens is 2. The van der Waals surface area contributed by atoms with Crippen molar-refractivity contribution < 1.29 is 13.6 Å². The first-order valence-electron chi connectivity index (χ1n) is 10.6. The van der Waals surface area contributed by atoms with E-state index < -0.39 is 5.92 Å². The van der Waals surface area contributed by atoms with E-state index >= 15 is 0 Å². The molecule has 1 aromatic carbocycles. The summed E-state index contributed by atoms with van der Waals surface area (Å²) in [7, 11) is 0. The monoisotopic (exact) mass is 389 g/mol. The van der Waals surface area contributed by atoms with Gasteiger partial charge in [0.25, 0.3) is 0 Å². The van der Waals surface area contributed by atoms with Crippen molar-refractivity contribution in [1.82, 2.24) is 15.1 Å². The largest absolute Gasteiger partial charge is 0.353 e. The highest BCUT2D eigenvalue weighted by atomic mass is 19.3. The molecule has 28 heavy (non-hydrogen) atoms. The summed E-state index contributed by atoms with van der Waals surface area (Å²) in [6.45, 7) is 2.15. The van der Waals surface area contributed by atoms with Crippen LogP contribution in [0.1, 0.15) is 69.9 Å². The Morgan fingerprint density at radius 3 is 2.57 bits per heavy atom. The zero-order valence-electron chi connectivity index (χ0n) is 16.5. The number of alkyl halides is 2. The molecular weight excluding hydrogens is 360 g/mol. The second kappa shape index (κ2) is 7.80. The molecule has 6 heteroatoms. The number of carbonyl (C=O) groups excluding carboxylic acids is 1. The lowest BCUT2D eigenvalue weighted by atomic mass is 9.85. The van der Waals surface area contributed by atoms with Crippen molar-refractivity contribution in [3.63, 3.8) is 0 Å². The highest BCUT2D eigenvalue weighted by Crippen LogP contribution is 2.37. The van der Waals surface area contributed by atoms with Crippen LogP contribution in [0.3, 0.4) is 0 Å². The minimum atomic E-state index is -2.58. The number of aryl methyl sites for hydroxylation is 1. The van der Waals surface area contributed by atoms with Crippen molar-refractivity contribution in [2.45, 2.75) is 82.7 Å². The fourth-order valence-electron chi connectivity index (χ4n) is 4.70. The Hall–Kier alpha value is -1.98. The number of fused-ring (bicyclic) bond motifs is 1. The summed E-state index contributed by atoms with van der Waals surface area (Å²) in [5.41, 5.74) is 2.49. The molecule has 2 fully saturated rings. The molecule has 0 radical (unpaired) electrons. The van der Waals surface area contributed by atoms with Crippen LogP contribution in [-0.4, -0.2) is 27.7 Å². The number of aromatic nitrogens is 2. The van der Waals surface area contributed by atoms with Gasteiger partial charge in [0.2, 0.25) is 11.8 Å². The minimum Gasteiger partial charge on any atom is -0.353 e. The van der Waals surface area contributed by atoms with Gasteiger partial charge in [-0.25, -0.2) is 8.78 Å². The minimum absolute atomic E-state index is 0.0319. The van der Waals surface area contributed by atoms with E-state index in [1.807, 2.05) is 6.20 Å². The van der Waals surface area contributed by atoms with Crippen LogP contribution in [0, 0.1) is 5.92 Å². The van der Waals surface area contributed by atoms with Crippen LogP contribution in [0.4, 0.5) is 8.78 Å². The van der Waals surface area contributed by atoms with Crippen LogP contribution in [0.25, 0.3) is 10.9 Å². The average Bonchev–Trinajstić information content (AvgIpc) is 3.11. The molecule has 0 saturated heterocycles. The van der Waals surface area contributed by atoms with Gasteiger partial charge in [-0.1, -0.05) is 13.0 Å². The maximum absolute atomic E-state index is 13.3. The van der Waals surface area contributed by atoms with Gasteiger partial charge in [-0.05, 0) is 62.6 Å². The Morgan fingerprint density at radius 2 is 1.89 bits per heavy atom. The number of hydrogen-bond acceptors (Lipinski definition) is 2. The molecule has 1 aromatic heterocycles. The Bertz CT molecular complexity index is 829. The number of benzene rings is 1. The van der Waals surface area contributed by atoms with E-state index in [4.69, 9.17) is 0 Å². The molecule has 2 aliphatic rings. The third kappa shape index (κ3) is 4.06. The van der Waals surface area contributed by atoms with Crippen molar-refractivity contribution in [2.75, 3.05) is 0 Å². The maximum Gasteiger partial charge on any atom is 0.248 e. The summed E-state index contributed by atoms with van der Waals surface area (Å²) in [5, 5.41) is 8.93. The second-order valence-corrected chi connectivity index (χ2v) is 8.48. The fraction of sp³-hybridized carbons (Fsp3) is 0.636. The number of hydrogen-bond donors (Lipinski definition) is 1. The molecule has 4 nitrogen and oxygen atoms in total. The van der Waals surface area contributed by atoms with Crippen LogP contribution < -0.4 is 5.32 Å². The number of nitrogens with zero attached hydrogens (tertiary/aromatic N) is 2. The third-order valence-electron chi connectivity index (χ3n) is 6.55. The number of nitrogens with one attached hydrogen (secondary N) is 1. The summed E-state index contributed by atoms with van der Waals surface area (Å²) in [6, 6.07) is 7.04. The predicted molar refractivity (Wildman–Crippen MR) is 105 cm³/mol. The topological polar surface area (TPSA) is 46.9 Å². The van der Waals surface area contributed by atoms with Crippen molar-refractivity contribution in [3.8, 4) is 0 Å². The van der Waals surface area contributed by atoms with E-state index in [1.54, 1.807) is 0 Å². The molecule has 0 bridgehead atoms. The third-order valence-corrected chi connectivity index (χ3v) is 6.55. The van der Waals surface area contributed by atoms with Gasteiger partial charge in [-0.3, -0.25) is 9.48 Å². The van der Waals surface area contributed by atoms with Gasteiger partial charge in [0, 0.05) is 30.2 Å². The fourth-order valence-corrected chi connectivity index (χ4v) is 4.70. The molecular formula is C22H29F2N3O. The van der Waals surface area contributed by atoms with Gasteiger partial charge in [0.1, 0.15) is 0 Å². The van der Waals surface area contributed by atoms with Crippen LogP contribution in [-0.2, 0) is 11.2 Å². The highest BCUT2D eigenvalue weighted by molar-refractivity contribution is 5.80. The van der Waals surface area contributed by atoms with Crippen LogP contribution in [0.5, 0.6) is 0 Å². The van der Waals surface area contributed by atoms with E-state index in [0.29, 0.717) is 18.9 Å². The molecule has 2 aliphatic carbocycles. The molecule has 0 unspecified atom stereocenters. The standard InChI is InChI=1S/C22H29F2N3O/c1-2-15-3-8-20-17(13-15)14-25-27(20)19-6-4-18(5-7-19)26-21(28)16-9-11-22(23,24)12-10-16/h3,8,13-14,16,18-19H,2,4-7,9-12H2,1H3,(H,26,28)/t18-,19+. The molecule has 0 atom stereocenters. The Labute approximate surface area is 164 Å². The molecule has 1 heterocycles. The molecule has 2 aromatic rings. The van der Waals surface area contributed by atoms with Crippen molar-refractivity contribution in [3.05, 3.63) is 30.0 Å². The molecule has 1 amide bonds. The van der Waals surface area contributed by atoms with Gasteiger partial charge >= 0.3 is 0 Å². The molecule has 0 spiro atoms. The first-order chi connectivity index (χ1) is 13.4. The molecule has 1 N–H and O–H groups in total. The smallest absolute Gasteiger partial charge is 0.248 e. The van der Waals surface area contributed by atoms with Crippen LogP contribution in [0.15, 0.2) is 24.4 Å². The lowest BCUT2D eigenvalue weighted by Gasteiger charge is -2.32. The SMILES string of the molecule is CCc1ccc2c(cnn2[C@H]2CC[C@@H](NC(=O)C3CCC(F)(F)CC3)CC2)c1. The number of amides is 1. The summed E-state index contributed by atoms with van der Waals surface area (Å²) >= 11 is 0. The van der Waals surface area contributed by atoms with Gasteiger partial charge < -0.3 is 5.32 Å². The molecule has 0 aliphatic heterocycles. The maximum atomic E-state index is 13.3. The van der Waals surface area contributed by atoms with Crippen molar-refractivity contribution in [1.29, 1.82) is 0 Å². The normalized spacial score (nSPS) is 25.7. The zero-order chi connectivity index (χ0) is 19.7. The van der Waals surface area contributed by atoms with Crippen LogP contribution in [0.2, 0.25) is 0 Å². The lowest BCUT2D eigenvalue weighted by molar-refractivity contribution is -0.130. The van der Waals surface area contributed by atoms with Gasteiger partial charge in [-0.2, -0.15) is 5.10 Å². The van der Waals surface area contributed by atoms with E-state index in [0.717, 1.165) is 32.1 Å². The van der Waals surface area contributed by atoms with Gasteiger partial charge in [0.05, 0.1) is 17.8 Å². The Morgan fingerprint density at radius 1 is 1.18 bits per heavy atom. The van der Waals surface area contributed by atoms with E-state index in [9.17, 15) is 13.6 Å². The average molecular weight is 389 g/mol.